The third kappa shape index (κ3) is 3.33. The van der Waals surface area contributed by atoms with Crippen LogP contribution in [0.2, 0.25) is 0 Å². The van der Waals surface area contributed by atoms with Crippen molar-refractivity contribution in [3.8, 4) is 0 Å². The summed E-state index contributed by atoms with van der Waals surface area (Å²) in [6, 6.07) is 8.01. The number of hydrogen-bond acceptors (Lipinski definition) is 3. The van der Waals surface area contributed by atoms with Crippen molar-refractivity contribution in [3.63, 3.8) is 0 Å². The minimum absolute atomic E-state index is 0.0251. The third-order valence-electron chi connectivity index (χ3n) is 3.75. The molecule has 3 unspecified atom stereocenters. The molecule has 4 heteroatoms. The van der Waals surface area contributed by atoms with Gasteiger partial charge in [-0.2, -0.15) is 0 Å². The van der Waals surface area contributed by atoms with Crippen LogP contribution < -0.4 is 10.6 Å². The van der Waals surface area contributed by atoms with Gasteiger partial charge in [0.2, 0.25) is 5.91 Å². The van der Waals surface area contributed by atoms with Gasteiger partial charge in [0, 0.05) is 13.7 Å². The van der Waals surface area contributed by atoms with Crippen LogP contribution in [0, 0.1) is 6.92 Å². The molecule has 3 atom stereocenters. The lowest BCUT2D eigenvalue weighted by Gasteiger charge is -2.19. The lowest BCUT2D eigenvalue weighted by molar-refractivity contribution is -0.123. The molecule has 0 spiro atoms. The molecule has 19 heavy (non-hydrogen) atoms. The summed E-state index contributed by atoms with van der Waals surface area (Å²) < 4.78 is 5.26. The van der Waals surface area contributed by atoms with Crippen LogP contribution >= 0.6 is 0 Å². The van der Waals surface area contributed by atoms with E-state index in [9.17, 15) is 4.79 Å². The minimum Gasteiger partial charge on any atom is -0.380 e. The molecular formula is C15H22N2O2. The Labute approximate surface area is 114 Å². The lowest BCUT2D eigenvalue weighted by atomic mass is 10.0. The van der Waals surface area contributed by atoms with Gasteiger partial charge < -0.3 is 15.4 Å². The number of carbonyl (C=O) groups excluding carboxylic acids is 1. The minimum atomic E-state index is -0.142. The summed E-state index contributed by atoms with van der Waals surface area (Å²) in [5.41, 5.74) is 2.36. The van der Waals surface area contributed by atoms with E-state index in [0.717, 1.165) is 18.5 Å². The quantitative estimate of drug-likeness (QED) is 0.865. The smallest absolute Gasteiger partial charge is 0.237 e. The SMILES string of the molecule is COC1CNC(C(=O)NC(C)c2ccccc2C)C1. The Morgan fingerprint density at radius 3 is 2.84 bits per heavy atom. The zero-order valence-corrected chi connectivity index (χ0v) is 11.8. The fourth-order valence-corrected chi connectivity index (χ4v) is 2.55. The van der Waals surface area contributed by atoms with Gasteiger partial charge in [0.25, 0.3) is 0 Å². The van der Waals surface area contributed by atoms with Gasteiger partial charge in [0.15, 0.2) is 0 Å². The van der Waals surface area contributed by atoms with Gasteiger partial charge in [-0.25, -0.2) is 0 Å². The second kappa shape index (κ2) is 6.17. The third-order valence-corrected chi connectivity index (χ3v) is 3.75. The van der Waals surface area contributed by atoms with Crippen molar-refractivity contribution in [3.05, 3.63) is 35.4 Å². The van der Waals surface area contributed by atoms with Gasteiger partial charge in [-0.1, -0.05) is 24.3 Å². The molecule has 1 saturated heterocycles. The van der Waals surface area contributed by atoms with Gasteiger partial charge in [0.05, 0.1) is 18.2 Å². The predicted molar refractivity (Wildman–Crippen MR) is 74.9 cm³/mol. The summed E-state index contributed by atoms with van der Waals surface area (Å²) in [7, 11) is 1.68. The van der Waals surface area contributed by atoms with E-state index >= 15 is 0 Å². The maximum Gasteiger partial charge on any atom is 0.237 e. The molecule has 0 saturated carbocycles. The van der Waals surface area contributed by atoms with Crippen LogP contribution in [-0.2, 0) is 9.53 Å². The number of carbonyl (C=O) groups is 1. The van der Waals surface area contributed by atoms with Crippen LogP contribution in [-0.4, -0.2) is 31.7 Å². The summed E-state index contributed by atoms with van der Waals surface area (Å²) in [4.78, 5) is 12.2. The van der Waals surface area contributed by atoms with E-state index in [1.54, 1.807) is 7.11 Å². The molecule has 1 heterocycles. The van der Waals surface area contributed by atoms with E-state index in [1.807, 2.05) is 19.1 Å². The number of methoxy groups -OCH3 is 1. The number of benzene rings is 1. The van der Waals surface area contributed by atoms with Crippen molar-refractivity contribution >= 4 is 5.91 Å². The molecule has 0 aliphatic carbocycles. The molecule has 0 radical (unpaired) electrons. The van der Waals surface area contributed by atoms with Crippen molar-refractivity contribution in [1.29, 1.82) is 0 Å². The number of rotatable bonds is 4. The van der Waals surface area contributed by atoms with Crippen LogP contribution in [0.5, 0.6) is 0 Å². The highest BCUT2D eigenvalue weighted by Crippen LogP contribution is 2.17. The second-order valence-corrected chi connectivity index (χ2v) is 5.14. The van der Waals surface area contributed by atoms with Gasteiger partial charge >= 0.3 is 0 Å². The van der Waals surface area contributed by atoms with E-state index in [1.165, 1.54) is 5.56 Å². The normalized spacial score (nSPS) is 24.2. The van der Waals surface area contributed by atoms with Crippen LogP contribution in [0.4, 0.5) is 0 Å². The highest BCUT2D eigenvalue weighted by Gasteiger charge is 2.30. The fourth-order valence-electron chi connectivity index (χ4n) is 2.55. The number of ether oxygens (including phenoxy) is 1. The number of aryl methyl sites for hydroxylation is 1. The Morgan fingerprint density at radius 2 is 2.21 bits per heavy atom. The first-order chi connectivity index (χ1) is 9.11. The molecule has 1 aromatic carbocycles. The maximum absolute atomic E-state index is 12.2. The maximum atomic E-state index is 12.2. The molecule has 1 aromatic rings. The lowest BCUT2D eigenvalue weighted by Crippen LogP contribution is -2.41. The summed E-state index contributed by atoms with van der Waals surface area (Å²) in [5, 5.41) is 6.26. The molecule has 0 aromatic heterocycles. The average Bonchev–Trinajstić information content (AvgIpc) is 2.88. The standard InChI is InChI=1S/C15H22N2O2/c1-10-6-4-5-7-13(10)11(2)17-15(18)14-8-12(19-3)9-16-14/h4-7,11-12,14,16H,8-9H2,1-3H3,(H,17,18). The van der Waals surface area contributed by atoms with Gasteiger partial charge in [-0.15, -0.1) is 0 Å². The molecule has 2 N–H and O–H groups in total. The predicted octanol–water partition coefficient (Wildman–Crippen LogP) is 1.55. The van der Waals surface area contributed by atoms with E-state index in [0.29, 0.717) is 0 Å². The molecule has 1 amide bonds. The summed E-state index contributed by atoms with van der Waals surface area (Å²) >= 11 is 0. The number of nitrogens with one attached hydrogen (secondary N) is 2. The summed E-state index contributed by atoms with van der Waals surface area (Å²) in [6.07, 6.45) is 0.882. The average molecular weight is 262 g/mol. The Morgan fingerprint density at radius 1 is 1.47 bits per heavy atom. The van der Waals surface area contributed by atoms with Crippen LogP contribution in [0.1, 0.15) is 30.5 Å². The highest BCUT2D eigenvalue weighted by atomic mass is 16.5. The topological polar surface area (TPSA) is 50.4 Å². The van der Waals surface area contributed by atoms with E-state index < -0.39 is 0 Å². The molecule has 104 valence electrons. The van der Waals surface area contributed by atoms with Crippen LogP contribution in [0.25, 0.3) is 0 Å². The molecule has 4 nitrogen and oxygen atoms in total. The van der Waals surface area contributed by atoms with Crippen molar-refractivity contribution in [2.45, 2.75) is 38.5 Å². The highest BCUT2D eigenvalue weighted by molar-refractivity contribution is 5.82. The van der Waals surface area contributed by atoms with Crippen molar-refractivity contribution in [2.75, 3.05) is 13.7 Å². The van der Waals surface area contributed by atoms with Crippen molar-refractivity contribution in [2.24, 2.45) is 0 Å². The zero-order valence-electron chi connectivity index (χ0n) is 11.8. The Balaban J connectivity index is 1.94. The number of hydrogen-bond donors (Lipinski definition) is 2. The molecule has 0 bridgehead atoms. The second-order valence-electron chi connectivity index (χ2n) is 5.14. The summed E-state index contributed by atoms with van der Waals surface area (Å²) in [6.45, 7) is 4.82. The van der Waals surface area contributed by atoms with Gasteiger partial charge in [0.1, 0.15) is 0 Å². The van der Waals surface area contributed by atoms with Crippen molar-refractivity contribution < 1.29 is 9.53 Å². The summed E-state index contributed by atoms with van der Waals surface area (Å²) in [5.74, 6) is 0.0512. The molecular weight excluding hydrogens is 240 g/mol. The largest absolute Gasteiger partial charge is 0.380 e. The first kappa shape index (κ1) is 14.0. The van der Waals surface area contributed by atoms with Crippen molar-refractivity contribution in [1.82, 2.24) is 10.6 Å². The van der Waals surface area contributed by atoms with E-state index in [2.05, 4.69) is 29.7 Å². The molecule has 2 rings (SSSR count). The fraction of sp³-hybridized carbons (Fsp3) is 0.533. The van der Waals surface area contributed by atoms with Crippen LogP contribution in [0.3, 0.4) is 0 Å². The zero-order chi connectivity index (χ0) is 13.8. The van der Waals surface area contributed by atoms with E-state index in [4.69, 9.17) is 4.74 Å². The number of amides is 1. The molecule has 1 fully saturated rings. The van der Waals surface area contributed by atoms with E-state index in [-0.39, 0.29) is 24.1 Å². The Kier molecular flexibility index (Phi) is 4.56. The first-order valence-corrected chi connectivity index (χ1v) is 6.74. The first-order valence-electron chi connectivity index (χ1n) is 6.74. The molecule has 1 aliphatic heterocycles. The van der Waals surface area contributed by atoms with Gasteiger partial charge in [-0.3, -0.25) is 4.79 Å². The monoisotopic (exact) mass is 262 g/mol. The van der Waals surface area contributed by atoms with Crippen LogP contribution in [0.15, 0.2) is 24.3 Å². The Hall–Kier alpha value is -1.39. The van der Waals surface area contributed by atoms with Gasteiger partial charge in [-0.05, 0) is 31.4 Å². The Bertz CT molecular complexity index is 448. The molecule has 1 aliphatic rings.